The highest BCUT2D eigenvalue weighted by Crippen LogP contribution is 2.45. The number of methoxy groups -OCH3 is 1. The van der Waals surface area contributed by atoms with Crippen LogP contribution in [-0.4, -0.2) is 110 Å². The number of Topliss-reactive ketones (excluding diaryl/α,β-unsaturated/α-hetero) is 5. The lowest BCUT2D eigenvalue weighted by molar-refractivity contribution is -0.385. The summed E-state index contributed by atoms with van der Waals surface area (Å²) in [5.41, 5.74) is 11.5. The fourth-order valence-corrected chi connectivity index (χ4v) is 13.8. The number of ether oxygens (including phenoxy) is 4. The van der Waals surface area contributed by atoms with E-state index in [0.29, 0.717) is 22.7 Å². The van der Waals surface area contributed by atoms with Crippen LogP contribution in [-0.2, 0) is 81.5 Å². The molecule has 0 aliphatic carbocycles. The largest absolute Gasteiger partial charge is 0.513 e. The number of esters is 2. The Labute approximate surface area is 805 Å². The topological polar surface area (TPSA) is 434 Å². The molecule has 0 heterocycles. The van der Waals surface area contributed by atoms with E-state index in [-0.39, 0.29) is 119 Å². The molecular weight excluding hydrogens is 1780 g/mol. The van der Waals surface area contributed by atoms with Gasteiger partial charge in [-0.05, 0) is 169 Å². The Balaban J connectivity index is 0.000000354. The number of phenols is 3. The van der Waals surface area contributed by atoms with Gasteiger partial charge in [0.05, 0.1) is 77.2 Å². The number of carbonyl (C=O) groups is 11. The summed E-state index contributed by atoms with van der Waals surface area (Å²) in [6, 6.07) is 41.6. The summed E-state index contributed by atoms with van der Waals surface area (Å²) in [5.74, 6) is -7.41. The summed E-state index contributed by atoms with van der Waals surface area (Å²) < 4.78 is 59.9. The zero-order valence-electron chi connectivity index (χ0n) is 83.8. The van der Waals surface area contributed by atoms with E-state index in [0.717, 1.165) is 44.5 Å². The number of anilines is 4. The van der Waals surface area contributed by atoms with E-state index in [1.54, 1.807) is 38.1 Å². The minimum Gasteiger partial charge on any atom is -0.508 e. The van der Waals surface area contributed by atoms with Crippen LogP contribution < -0.4 is 26.4 Å². The maximum absolute atomic E-state index is 13.9. The molecule has 0 unspecified atom stereocenters. The minimum absolute atomic E-state index is 0.00220. The first-order chi connectivity index (χ1) is 63.5. The molecule has 0 aliphatic rings. The maximum Gasteiger partial charge on any atom is 0.513 e. The van der Waals surface area contributed by atoms with Crippen LogP contribution in [0, 0.1) is 37.7 Å². The molecule has 0 saturated carbocycles. The van der Waals surface area contributed by atoms with Crippen LogP contribution >= 0.6 is 0 Å². The molecule has 0 bridgehead atoms. The number of nitro benzene ring substituents is 2. The van der Waals surface area contributed by atoms with Crippen LogP contribution in [0.1, 0.15) is 308 Å². The van der Waals surface area contributed by atoms with Gasteiger partial charge < -0.3 is 56.0 Å². The summed E-state index contributed by atoms with van der Waals surface area (Å²) in [5, 5.41) is 60.8. The van der Waals surface area contributed by atoms with E-state index < -0.39 is 124 Å². The number of nitro groups is 2. The molecule has 0 aromatic heterocycles. The summed E-state index contributed by atoms with van der Waals surface area (Å²) in [4.78, 5) is 152. The third-order valence-electron chi connectivity index (χ3n) is 20.7. The smallest absolute Gasteiger partial charge is 0.508 e. The van der Waals surface area contributed by atoms with E-state index in [4.69, 9.17) is 10.5 Å². The van der Waals surface area contributed by atoms with E-state index in [1.807, 2.05) is 149 Å². The SMILES string of the molecule is CC(C)(C)c1cc(C(C)(C)C)c(NC(=O)CC(=O)c2ccccc2F)cc1O.CC(C)(C)c1cc(C(C)(C)C)c(NC(=O)CC(=O)c2ccccc2[N+](=O)[O-])cc1O.CC(C)(C)c1cc(C(C)(C)C)c(O)cc1N.CCOC(=O)CC(=O)c1ccccc1F.CCOC(=O)CC(=O)c1ccccc1[N+](=O)[O-].COC(=O)Oc1cc(NC(=O)CC(=O)c2ccccc2F)c(C(C)(C)C)cc1C(C)(C)C. The molecule has 0 radical (unpaired) electrons. The lowest BCUT2D eigenvalue weighted by atomic mass is 9.79. The van der Waals surface area contributed by atoms with Gasteiger partial charge in [-0.3, -0.25) is 68.2 Å². The van der Waals surface area contributed by atoms with Gasteiger partial charge in [0.1, 0.15) is 53.3 Å². The number of para-hydroxylation sites is 2. The van der Waals surface area contributed by atoms with Crippen molar-refractivity contribution in [3.05, 3.63) is 280 Å². The van der Waals surface area contributed by atoms with Crippen molar-refractivity contribution in [3.63, 3.8) is 0 Å². The number of aromatic hydroxyl groups is 3. The van der Waals surface area contributed by atoms with E-state index >= 15 is 0 Å². The van der Waals surface area contributed by atoms with Gasteiger partial charge in [-0.25, -0.2) is 18.0 Å². The lowest BCUT2D eigenvalue weighted by Gasteiger charge is -2.29. The number of nitrogens with two attached hydrogens (primary N) is 1. The third kappa shape index (κ3) is 35.1. The molecule has 31 heteroatoms. The number of ketones is 5. The Morgan fingerprint density at radius 2 is 0.572 bits per heavy atom. The molecule has 138 heavy (non-hydrogen) atoms. The van der Waals surface area contributed by atoms with Crippen LogP contribution in [0.5, 0.6) is 23.0 Å². The molecule has 9 aromatic rings. The van der Waals surface area contributed by atoms with Crippen molar-refractivity contribution in [1.29, 1.82) is 0 Å². The molecule has 8 N–H and O–H groups in total. The fourth-order valence-electron chi connectivity index (χ4n) is 13.8. The van der Waals surface area contributed by atoms with Crippen molar-refractivity contribution >= 4 is 98.9 Å². The number of halogens is 3. The first-order valence-corrected chi connectivity index (χ1v) is 44.4. The second-order valence-corrected chi connectivity index (χ2v) is 40.5. The zero-order valence-corrected chi connectivity index (χ0v) is 83.8. The number of benzene rings is 9. The van der Waals surface area contributed by atoms with Crippen LogP contribution in [0.2, 0.25) is 0 Å². The second kappa shape index (κ2) is 49.0. The Hall–Kier alpha value is -14.3. The van der Waals surface area contributed by atoms with Crippen molar-refractivity contribution in [3.8, 4) is 23.0 Å². The molecule has 0 spiro atoms. The summed E-state index contributed by atoms with van der Waals surface area (Å²) in [6.45, 7) is 52.1. The highest BCUT2D eigenvalue weighted by Gasteiger charge is 2.34. The minimum atomic E-state index is -0.883. The molecule has 0 fully saturated rings. The quantitative estimate of drug-likeness (QED) is 0.00457. The third-order valence-corrected chi connectivity index (χ3v) is 20.7. The van der Waals surface area contributed by atoms with Gasteiger partial charge in [-0.2, -0.15) is 0 Å². The van der Waals surface area contributed by atoms with Crippen molar-refractivity contribution < 1.29 is 110 Å². The van der Waals surface area contributed by atoms with Gasteiger partial charge in [0.15, 0.2) is 28.9 Å². The Morgan fingerprint density at radius 1 is 0.333 bits per heavy atom. The average molecular weight is 1910 g/mol. The Bertz CT molecular complexity index is 5930. The summed E-state index contributed by atoms with van der Waals surface area (Å²) in [6.07, 6.45) is -3.35. The monoisotopic (exact) mass is 1910 g/mol. The molecule has 28 nitrogen and oxygen atoms in total. The van der Waals surface area contributed by atoms with E-state index in [1.165, 1.54) is 128 Å². The molecule has 742 valence electrons. The molecule has 3 amide bonds. The number of nitrogen functional groups attached to an aromatic ring is 1. The van der Waals surface area contributed by atoms with Crippen molar-refractivity contribution in [1.82, 2.24) is 0 Å². The number of phenolic OH excluding ortho intramolecular Hbond substituents is 3. The number of carbonyl (C=O) groups excluding carboxylic acids is 11. The lowest BCUT2D eigenvalue weighted by Crippen LogP contribution is -2.24. The van der Waals surface area contributed by atoms with Crippen molar-refractivity contribution in [2.24, 2.45) is 0 Å². The van der Waals surface area contributed by atoms with Crippen molar-refractivity contribution in [2.45, 2.75) is 255 Å². The Morgan fingerprint density at radius 3 is 0.848 bits per heavy atom. The highest BCUT2D eigenvalue weighted by molar-refractivity contribution is 6.14. The van der Waals surface area contributed by atoms with Crippen molar-refractivity contribution in [2.75, 3.05) is 42.0 Å². The van der Waals surface area contributed by atoms with Crippen LogP contribution in [0.4, 0.5) is 52.1 Å². The zero-order chi connectivity index (χ0) is 105. The standard InChI is InChI=1S/C25H30FNO5.C23H28FNO3.C23H28N2O5.C14H23NO.C11H11FO3.C11H11NO5/c1-24(2,3)16-12-17(25(4,5)6)21(32-23(30)31-7)13-19(16)27-22(29)14-20(28)15-10-8-9-11-18(15)26;1-22(2,3)15-11-16(23(4,5)6)20(27)12-18(15)25-21(28)13-19(26)14-9-7-8-10-17(14)24;1-22(2,3)15-11-16(23(4,5)6)20(27)12-17(15)24-21(28)13-19(26)14-9-7-8-10-18(14)25(29)30;1-13(2,3)9-7-10(14(4,5)6)12(16)8-11(9)15;1-2-15-11(14)7-10(13)8-5-3-4-6-9(8)12;1-2-17-11(14)7-10(13)8-5-3-4-6-9(8)12(15)16/h8-13H,14H2,1-7H3,(H,27,29);7-12,27H,13H2,1-6H3,(H,25,28);7-12,27H,13H2,1-6H3,(H,24,28);7-8,16H,15H2,1-6H3;3-6H,2,7H2,1H3;3-6H,2,7H2,1H3. The number of rotatable bonds is 23. The van der Waals surface area contributed by atoms with E-state index in [9.17, 15) is 101 Å². The molecule has 0 aliphatic heterocycles. The van der Waals surface area contributed by atoms with Gasteiger partial charge in [-0.15, -0.1) is 0 Å². The molecule has 0 atom stereocenters. The fraction of sp³-hybridized carbons (Fsp3) is 0.393. The van der Waals surface area contributed by atoms with Gasteiger partial charge >= 0.3 is 18.1 Å². The number of hydrogen-bond donors (Lipinski definition) is 7. The second-order valence-electron chi connectivity index (χ2n) is 40.5. The van der Waals surface area contributed by atoms with Gasteiger partial charge in [0.2, 0.25) is 17.7 Å². The summed E-state index contributed by atoms with van der Waals surface area (Å²) in [7, 11) is 1.21. The van der Waals surface area contributed by atoms with E-state index in [2.05, 4.69) is 71.7 Å². The van der Waals surface area contributed by atoms with Crippen LogP contribution in [0.25, 0.3) is 0 Å². The Kier molecular flexibility index (Phi) is 41.2. The molecule has 9 rings (SSSR count). The van der Waals surface area contributed by atoms with Gasteiger partial charge in [-0.1, -0.05) is 227 Å². The maximum atomic E-state index is 13.9. The normalized spacial score (nSPS) is 11.4. The van der Waals surface area contributed by atoms with Crippen LogP contribution in [0.15, 0.2) is 170 Å². The number of nitrogens with zero attached hydrogens (tertiary/aromatic N) is 2. The number of amides is 3. The number of nitrogens with one attached hydrogen (secondary N) is 3. The average Bonchev–Trinajstić information content (AvgIpc) is 0.775. The highest BCUT2D eigenvalue weighted by atomic mass is 19.1. The van der Waals surface area contributed by atoms with Gasteiger partial charge in [0.25, 0.3) is 11.4 Å². The first kappa shape index (κ1) is 116. The molecule has 9 aromatic carbocycles. The predicted octanol–water partition coefficient (Wildman–Crippen LogP) is 23.5. The first-order valence-electron chi connectivity index (χ1n) is 44.4. The molecule has 0 saturated heterocycles. The van der Waals surface area contributed by atoms with Gasteiger partial charge in [0, 0.05) is 64.7 Å². The van der Waals surface area contributed by atoms with Crippen LogP contribution in [0.3, 0.4) is 0 Å². The predicted molar refractivity (Wildman–Crippen MR) is 527 cm³/mol. The summed E-state index contributed by atoms with van der Waals surface area (Å²) >= 11 is 0. The molecular formula is C107H131F3N6O22. The number of hydrogen-bond acceptors (Lipinski definition) is 23.